The number of nitrogens with zero attached hydrogens (tertiary/aromatic N) is 2. The second kappa shape index (κ2) is 9.13. The predicted octanol–water partition coefficient (Wildman–Crippen LogP) is 4.98. The molecule has 2 aliphatic heterocycles. The molecule has 0 radical (unpaired) electrons. The van der Waals surface area contributed by atoms with Crippen LogP contribution in [0.4, 0.5) is 0 Å². The highest BCUT2D eigenvalue weighted by Crippen LogP contribution is 2.46. The van der Waals surface area contributed by atoms with Crippen LogP contribution in [0.25, 0.3) is 0 Å². The standard InChI is InChI=1S/C26H32N2O2/c1-20(2)30-25-26(16-13-24(29)27-25,22-11-7-4-8-12-22)23-14-17-28(18-15-23)19-21-9-5-3-6-10-21/h3-12,20,23H,13-19H2,1-2H3. The van der Waals surface area contributed by atoms with E-state index in [-0.39, 0.29) is 17.4 Å². The molecule has 4 rings (SSSR count). The van der Waals surface area contributed by atoms with Crippen molar-refractivity contribution in [3.05, 3.63) is 71.8 Å². The van der Waals surface area contributed by atoms with E-state index >= 15 is 0 Å². The summed E-state index contributed by atoms with van der Waals surface area (Å²) in [5, 5.41) is 0. The number of aliphatic imine (C=N–C) groups is 1. The molecule has 30 heavy (non-hydrogen) atoms. The Morgan fingerprint density at radius 1 is 1.03 bits per heavy atom. The van der Waals surface area contributed by atoms with Gasteiger partial charge in [0.1, 0.15) is 0 Å². The van der Waals surface area contributed by atoms with E-state index in [0.717, 1.165) is 38.9 Å². The molecular weight excluding hydrogens is 372 g/mol. The maximum Gasteiger partial charge on any atom is 0.248 e. The van der Waals surface area contributed by atoms with Gasteiger partial charge in [-0.2, -0.15) is 4.99 Å². The second-order valence-corrected chi connectivity index (χ2v) is 8.85. The molecule has 1 unspecified atom stereocenters. The summed E-state index contributed by atoms with van der Waals surface area (Å²) in [6.45, 7) is 7.13. The van der Waals surface area contributed by atoms with Gasteiger partial charge in [-0.25, -0.2) is 0 Å². The van der Waals surface area contributed by atoms with Crippen molar-refractivity contribution in [2.75, 3.05) is 13.1 Å². The van der Waals surface area contributed by atoms with Gasteiger partial charge in [-0.1, -0.05) is 60.7 Å². The highest BCUT2D eigenvalue weighted by molar-refractivity contribution is 6.00. The minimum atomic E-state index is -0.307. The number of hydrogen-bond acceptors (Lipinski definition) is 3. The summed E-state index contributed by atoms with van der Waals surface area (Å²) in [6, 6.07) is 21.3. The Kier molecular flexibility index (Phi) is 6.33. The summed E-state index contributed by atoms with van der Waals surface area (Å²) in [5.41, 5.74) is 2.29. The molecule has 158 valence electrons. The third-order valence-electron chi connectivity index (χ3n) is 6.51. The average Bonchev–Trinajstić information content (AvgIpc) is 2.76. The number of carbonyl (C=O) groups is 1. The molecule has 1 atom stereocenters. The zero-order valence-electron chi connectivity index (χ0n) is 18.1. The number of rotatable bonds is 5. The highest BCUT2D eigenvalue weighted by atomic mass is 16.5. The lowest BCUT2D eigenvalue weighted by Gasteiger charge is -2.46. The van der Waals surface area contributed by atoms with Gasteiger partial charge in [0.05, 0.1) is 11.5 Å². The molecule has 2 heterocycles. The molecule has 2 aromatic rings. The Morgan fingerprint density at radius 3 is 2.30 bits per heavy atom. The average molecular weight is 405 g/mol. The van der Waals surface area contributed by atoms with Crippen LogP contribution in [0.15, 0.2) is 65.7 Å². The molecule has 1 amide bonds. The van der Waals surface area contributed by atoms with E-state index in [1.54, 1.807) is 0 Å². The fourth-order valence-electron chi connectivity index (χ4n) is 5.08. The van der Waals surface area contributed by atoms with E-state index in [2.05, 4.69) is 64.5 Å². The lowest BCUT2D eigenvalue weighted by atomic mass is 9.63. The molecule has 0 saturated carbocycles. The number of carbonyl (C=O) groups excluding carboxylic acids is 1. The van der Waals surface area contributed by atoms with Gasteiger partial charge in [0.15, 0.2) is 0 Å². The molecule has 1 saturated heterocycles. The summed E-state index contributed by atoms with van der Waals surface area (Å²) in [7, 11) is 0. The van der Waals surface area contributed by atoms with Crippen molar-refractivity contribution >= 4 is 11.8 Å². The fourth-order valence-corrected chi connectivity index (χ4v) is 5.08. The van der Waals surface area contributed by atoms with E-state index in [1.165, 1.54) is 11.1 Å². The lowest BCUT2D eigenvalue weighted by molar-refractivity contribution is -0.119. The van der Waals surface area contributed by atoms with Crippen molar-refractivity contribution < 1.29 is 9.53 Å². The topological polar surface area (TPSA) is 41.9 Å². The Balaban J connectivity index is 1.60. The van der Waals surface area contributed by atoms with Crippen LogP contribution in [0, 0.1) is 5.92 Å². The Labute approximate surface area is 180 Å². The van der Waals surface area contributed by atoms with Crippen molar-refractivity contribution in [3.63, 3.8) is 0 Å². The van der Waals surface area contributed by atoms with E-state index in [0.29, 0.717) is 18.2 Å². The number of amides is 1. The quantitative estimate of drug-likeness (QED) is 0.706. The first kappa shape index (κ1) is 20.8. The molecular formula is C26H32N2O2. The van der Waals surface area contributed by atoms with Crippen LogP contribution in [0.2, 0.25) is 0 Å². The van der Waals surface area contributed by atoms with Crippen molar-refractivity contribution in [1.29, 1.82) is 0 Å². The molecule has 0 bridgehead atoms. The summed E-state index contributed by atoms with van der Waals surface area (Å²) in [6.07, 6.45) is 3.43. The largest absolute Gasteiger partial charge is 0.477 e. The predicted molar refractivity (Wildman–Crippen MR) is 120 cm³/mol. The SMILES string of the molecule is CC(C)OC1=NC(=O)CCC1(c1ccccc1)C1CCN(Cc2ccccc2)CC1. The molecule has 0 N–H and O–H groups in total. The van der Waals surface area contributed by atoms with E-state index in [4.69, 9.17) is 4.74 Å². The Hall–Kier alpha value is -2.46. The molecule has 1 fully saturated rings. The van der Waals surface area contributed by atoms with Gasteiger partial charge in [0.2, 0.25) is 11.8 Å². The monoisotopic (exact) mass is 404 g/mol. The zero-order valence-corrected chi connectivity index (χ0v) is 18.1. The lowest BCUT2D eigenvalue weighted by Crippen LogP contribution is -2.51. The van der Waals surface area contributed by atoms with Gasteiger partial charge in [0, 0.05) is 13.0 Å². The third kappa shape index (κ3) is 4.34. The fraction of sp³-hybridized carbons (Fsp3) is 0.462. The summed E-state index contributed by atoms with van der Waals surface area (Å²) < 4.78 is 6.22. The van der Waals surface area contributed by atoms with E-state index in [1.807, 2.05) is 19.9 Å². The maximum atomic E-state index is 12.2. The smallest absolute Gasteiger partial charge is 0.248 e. The number of likely N-dealkylation sites (tertiary alicyclic amines) is 1. The Bertz CT molecular complexity index is 870. The van der Waals surface area contributed by atoms with Crippen molar-refractivity contribution in [3.8, 4) is 0 Å². The highest BCUT2D eigenvalue weighted by Gasteiger charge is 2.49. The molecule has 0 aromatic heterocycles. The summed E-state index contributed by atoms with van der Waals surface area (Å²) in [5.74, 6) is 0.998. The number of piperidine rings is 1. The first-order valence-corrected chi connectivity index (χ1v) is 11.2. The molecule has 0 spiro atoms. The van der Waals surface area contributed by atoms with Crippen LogP contribution in [0.3, 0.4) is 0 Å². The van der Waals surface area contributed by atoms with Gasteiger partial charge in [-0.3, -0.25) is 9.69 Å². The summed E-state index contributed by atoms with van der Waals surface area (Å²) in [4.78, 5) is 19.2. The third-order valence-corrected chi connectivity index (χ3v) is 6.51. The van der Waals surface area contributed by atoms with Crippen LogP contribution in [0.5, 0.6) is 0 Å². The van der Waals surface area contributed by atoms with Gasteiger partial charge < -0.3 is 4.74 Å². The van der Waals surface area contributed by atoms with Crippen LogP contribution in [-0.4, -0.2) is 35.9 Å². The van der Waals surface area contributed by atoms with Crippen molar-refractivity contribution in [1.82, 2.24) is 4.90 Å². The molecule has 2 aliphatic rings. The van der Waals surface area contributed by atoms with Gasteiger partial charge in [0.25, 0.3) is 0 Å². The number of ether oxygens (including phenoxy) is 1. The molecule has 0 aliphatic carbocycles. The number of hydrogen-bond donors (Lipinski definition) is 0. The zero-order chi connectivity index (χ0) is 21.0. The first-order valence-electron chi connectivity index (χ1n) is 11.2. The van der Waals surface area contributed by atoms with E-state index < -0.39 is 0 Å². The molecule has 4 nitrogen and oxygen atoms in total. The van der Waals surface area contributed by atoms with Gasteiger partial charge >= 0.3 is 0 Å². The van der Waals surface area contributed by atoms with Crippen LogP contribution in [0.1, 0.15) is 50.7 Å². The van der Waals surface area contributed by atoms with Crippen molar-refractivity contribution in [2.45, 2.75) is 57.6 Å². The minimum Gasteiger partial charge on any atom is -0.477 e. The van der Waals surface area contributed by atoms with Gasteiger partial charge in [-0.15, -0.1) is 0 Å². The van der Waals surface area contributed by atoms with Crippen molar-refractivity contribution in [2.24, 2.45) is 10.9 Å². The normalized spacial score (nSPS) is 23.4. The second-order valence-electron chi connectivity index (χ2n) is 8.85. The van der Waals surface area contributed by atoms with Crippen LogP contribution in [-0.2, 0) is 21.5 Å². The first-order chi connectivity index (χ1) is 14.6. The molecule has 2 aromatic carbocycles. The minimum absolute atomic E-state index is 0.00379. The molecule has 4 heteroatoms. The van der Waals surface area contributed by atoms with E-state index in [9.17, 15) is 4.79 Å². The van der Waals surface area contributed by atoms with Crippen LogP contribution < -0.4 is 0 Å². The Morgan fingerprint density at radius 2 is 1.67 bits per heavy atom. The maximum absolute atomic E-state index is 12.2. The van der Waals surface area contributed by atoms with Crippen LogP contribution >= 0.6 is 0 Å². The number of benzene rings is 2. The van der Waals surface area contributed by atoms with Gasteiger partial charge in [-0.05, 0) is 63.2 Å². The summed E-state index contributed by atoms with van der Waals surface area (Å²) >= 11 is 0.